The molecule has 0 radical (unpaired) electrons. The average Bonchev–Trinajstić information content (AvgIpc) is 2.18. The summed E-state index contributed by atoms with van der Waals surface area (Å²) in [5.41, 5.74) is -0.495. The highest BCUT2D eigenvalue weighted by Gasteiger charge is 2.34. The number of benzene rings is 1. The van der Waals surface area contributed by atoms with Crippen LogP contribution in [0.4, 0.5) is 8.78 Å². The minimum absolute atomic E-state index is 0.495. The Morgan fingerprint density at radius 3 is 2.06 bits per heavy atom. The minimum atomic E-state index is -2.32. The number of hydrogen-bond donors (Lipinski definition) is 0. The van der Waals surface area contributed by atoms with Gasteiger partial charge in [-0.1, -0.05) is 58.0 Å². The molecule has 0 amide bonds. The molecule has 1 aromatic rings. The van der Waals surface area contributed by atoms with Gasteiger partial charge in [0, 0.05) is 5.56 Å². The lowest BCUT2D eigenvalue weighted by atomic mass is 10.1. The quantitative estimate of drug-likeness (QED) is 0.312. The normalized spacial score (nSPS) is 11.7. The first-order valence-corrected chi connectivity index (χ1v) is 5.49. The molecule has 0 spiro atoms. The lowest BCUT2D eigenvalue weighted by Gasteiger charge is -2.12. The number of halogens is 7. The molecule has 0 saturated heterocycles. The SMILES string of the molecule is O=C(c1cc(F)c(F)c(Cl)c1Cl)C(Cl)(Cl)Cl. The van der Waals surface area contributed by atoms with Crippen LogP contribution in [0.15, 0.2) is 6.07 Å². The van der Waals surface area contributed by atoms with Gasteiger partial charge in [-0.25, -0.2) is 8.78 Å². The van der Waals surface area contributed by atoms with Crippen LogP contribution in [-0.4, -0.2) is 9.58 Å². The van der Waals surface area contributed by atoms with Crippen LogP contribution >= 0.6 is 58.0 Å². The van der Waals surface area contributed by atoms with Crippen molar-refractivity contribution in [1.29, 1.82) is 0 Å². The molecule has 0 atom stereocenters. The van der Waals surface area contributed by atoms with E-state index in [1.165, 1.54) is 0 Å². The van der Waals surface area contributed by atoms with Gasteiger partial charge in [-0.3, -0.25) is 4.79 Å². The van der Waals surface area contributed by atoms with Gasteiger partial charge in [0.15, 0.2) is 11.6 Å². The van der Waals surface area contributed by atoms with Crippen molar-refractivity contribution in [2.75, 3.05) is 0 Å². The fourth-order valence-corrected chi connectivity index (χ4v) is 1.61. The van der Waals surface area contributed by atoms with Crippen LogP contribution in [0.1, 0.15) is 10.4 Å². The van der Waals surface area contributed by atoms with Gasteiger partial charge in [0.25, 0.3) is 3.79 Å². The maximum Gasteiger partial charge on any atom is 0.253 e. The minimum Gasteiger partial charge on any atom is -0.289 e. The van der Waals surface area contributed by atoms with E-state index in [1.807, 2.05) is 0 Å². The van der Waals surface area contributed by atoms with E-state index in [2.05, 4.69) is 0 Å². The first-order chi connectivity index (χ1) is 7.16. The zero-order valence-corrected chi connectivity index (χ0v) is 10.9. The van der Waals surface area contributed by atoms with Crippen LogP contribution in [0.25, 0.3) is 0 Å². The highest BCUT2D eigenvalue weighted by atomic mass is 35.6. The van der Waals surface area contributed by atoms with E-state index < -0.39 is 36.8 Å². The molecule has 0 saturated carbocycles. The molecule has 16 heavy (non-hydrogen) atoms. The number of Topliss-reactive ketones (excluding diaryl/α,β-unsaturated/α-hetero) is 1. The maximum atomic E-state index is 13.0. The number of ketones is 1. The topological polar surface area (TPSA) is 17.1 Å². The molecule has 1 rings (SSSR count). The molecule has 0 aromatic heterocycles. The number of carbonyl (C=O) groups excluding carboxylic acids is 1. The summed E-state index contributed by atoms with van der Waals surface area (Å²) < 4.78 is 23.6. The molecular formula is C8HCl5F2O. The van der Waals surface area contributed by atoms with Crippen molar-refractivity contribution in [3.05, 3.63) is 33.3 Å². The van der Waals surface area contributed by atoms with Crippen molar-refractivity contribution in [2.45, 2.75) is 3.79 Å². The molecule has 1 nitrogen and oxygen atoms in total. The zero-order valence-electron chi connectivity index (χ0n) is 7.13. The van der Waals surface area contributed by atoms with Gasteiger partial charge >= 0.3 is 0 Å². The summed E-state index contributed by atoms with van der Waals surface area (Å²) in [6, 6.07) is 0.522. The summed E-state index contributed by atoms with van der Waals surface area (Å²) in [5, 5.41) is -1.24. The molecule has 0 heterocycles. The largest absolute Gasteiger partial charge is 0.289 e. The van der Waals surface area contributed by atoms with Crippen LogP contribution in [0.3, 0.4) is 0 Å². The van der Waals surface area contributed by atoms with Crippen molar-refractivity contribution >= 4 is 63.8 Å². The highest BCUT2D eigenvalue weighted by molar-refractivity contribution is 6.77. The smallest absolute Gasteiger partial charge is 0.253 e. The molecular weight excluding hydrogens is 327 g/mol. The Kier molecular flexibility index (Phi) is 4.30. The Bertz CT molecular complexity index is 455. The first kappa shape index (κ1) is 14.3. The summed E-state index contributed by atoms with van der Waals surface area (Å²) in [4.78, 5) is 11.5. The summed E-state index contributed by atoms with van der Waals surface area (Å²) >= 11 is 26.8. The fraction of sp³-hybridized carbons (Fsp3) is 0.125. The second kappa shape index (κ2) is 4.83. The third-order valence-corrected chi connectivity index (χ3v) is 2.96. The lowest BCUT2D eigenvalue weighted by Crippen LogP contribution is -2.20. The lowest BCUT2D eigenvalue weighted by molar-refractivity contribution is 0.0996. The van der Waals surface area contributed by atoms with Crippen LogP contribution in [0, 0.1) is 11.6 Å². The van der Waals surface area contributed by atoms with Gasteiger partial charge in [-0.05, 0) is 6.07 Å². The van der Waals surface area contributed by atoms with Gasteiger partial charge in [0.1, 0.15) is 0 Å². The fourth-order valence-electron chi connectivity index (χ4n) is 0.891. The van der Waals surface area contributed by atoms with Gasteiger partial charge < -0.3 is 0 Å². The van der Waals surface area contributed by atoms with Crippen molar-refractivity contribution < 1.29 is 13.6 Å². The maximum absolute atomic E-state index is 13.0. The average molecular weight is 328 g/mol. The predicted octanol–water partition coefficient (Wildman–Crippen LogP) is 4.82. The molecule has 0 aliphatic heterocycles. The van der Waals surface area contributed by atoms with E-state index in [-0.39, 0.29) is 0 Å². The van der Waals surface area contributed by atoms with E-state index in [4.69, 9.17) is 58.0 Å². The second-order valence-corrected chi connectivity index (χ2v) is 5.71. The van der Waals surface area contributed by atoms with E-state index in [0.717, 1.165) is 0 Å². The molecule has 1 aromatic carbocycles. The number of carbonyl (C=O) groups is 1. The monoisotopic (exact) mass is 326 g/mol. The molecule has 0 unspecified atom stereocenters. The Morgan fingerprint density at radius 2 is 1.62 bits per heavy atom. The van der Waals surface area contributed by atoms with E-state index in [9.17, 15) is 13.6 Å². The van der Waals surface area contributed by atoms with Crippen LogP contribution in [0.2, 0.25) is 10.0 Å². The Hall–Kier alpha value is 0.200. The summed E-state index contributed by atoms with van der Waals surface area (Å²) in [7, 11) is 0. The molecule has 8 heteroatoms. The van der Waals surface area contributed by atoms with E-state index in [0.29, 0.717) is 6.07 Å². The van der Waals surface area contributed by atoms with Crippen molar-refractivity contribution in [2.24, 2.45) is 0 Å². The third-order valence-electron chi connectivity index (χ3n) is 1.60. The summed E-state index contributed by atoms with van der Waals surface area (Å²) in [5.74, 6) is -3.82. The van der Waals surface area contributed by atoms with E-state index >= 15 is 0 Å². The molecule has 0 fully saturated rings. The summed E-state index contributed by atoms with van der Waals surface area (Å²) in [6.45, 7) is 0. The van der Waals surface area contributed by atoms with Crippen LogP contribution < -0.4 is 0 Å². The predicted molar refractivity (Wildman–Crippen MR) is 61.0 cm³/mol. The molecule has 0 bridgehead atoms. The number of hydrogen-bond acceptors (Lipinski definition) is 1. The van der Waals surface area contributed by atoms with Crippen molar-refractivity contribution in [3.63, 3.8) is 0 Å². The zero-order chi connectivity index (χ0) is 12.7. The molecule has 0 N–H and O–H groups in total. The van der Waals surface area contributed by atoms with Crippen molar-refractivity contribution in [3.8, 4) is 0 Å². The highest BCUT2D eigenvalue weighted by Crippen LogP contribution is 2.37. The standard InChI is InChI=1S/C8HCl5F2O/c9-4-2(7(16)8(11,12)13)1-3(14)6(15)5(4)10/h1H. The van der Waals surface area contributed by atoms with E-state index in [1.54, 1.807) is 0 Å². The van der Waals surface area contributed by atoms with Crippen LogP contribution in [-0.2, 0) is 0 Å². The molecule has 0 aliphatic carbocycles. The second-order valence-electron chi connectivity index (χ2n) is 2.67. The van der Waals surface area contributed by atoms with Crippen molar-refractivity contribution in [1.82, 2.24) is 0 Å². The Morgan fingerprint density at radius 1 is 1.12 bits per heavy atom. The van der Waals surface area contributed by atoms with Gasteiger partial charge in [0.05, 0.1) is 10.0 Å². The number of rotatable bonds is 1. The van der Waals surface area contributed by atoms with Gasteiger partial charge in [0.2, 0.25) is 5.78 Å². The third kappa shape index (κ3) is 2.71. The molecule has 0 aliphatic rings. The molecule has 88 valence electrons. The van der Waals surface area contributed by atoms with Crippen LogP contribution in [0.5, 0.6) is 0 Å². The number of alkyl halides is 3. The summed E-state index contributed by atoms with van der Waals surface area (Å²) in [6.07, 6.45) is 0. The van der Waals surface area contributed by atoms with Gasteiger partial charge in [-0.2, -0.15) is 0 Å². The van der Waals surface area contributed by atoms with Gasteiger partial charge in [-0.15, -0.1) is 0 Å². The Labute approximate surface area is 114 Å². The first-order valence-electron chi connectivity index (χ1n) is 3.60. The Balaban J connectivity index is 3.43.